The van der Waals surface area contributed by atoms with Gasteiger partial charge in [-0.1, -0.05) is 20.8 Å². The van der Waals surface area contributed by atoms with Crippen molar-refractivity contribution in [2.45, 2.75) is 33.3 Å². The molecule has 0 aromatic carbocycles. The fourth-order valence-electron chi connectivity index (χ4n) is 1.62. The summed E-state index contributed by atoms with van der Waals surface area (Å²) in [5, 5.41) is 16.4. The summed E-state index contributed by atoms with van der Waals surface area (Å²) in [6.07, 6.45) is 4.08. The van der Waals surface area contributed by atoms with Crippen molar-refractivity contribution < 1.29 is 5.11 Å². The summed E-state index contributed by atoms with van der Waals surface area (Å²) in [7, 11) is 0. The van der Waals surface area contributed by atoms with E-state index in [1.165, 1.54) is 0 Å². The Bertz CT molecular complexity index is 231. The van der Waals surface area contributed by atoms with E-state index >= 15 is 0 Å². The highest BCUT2D eigenvalue weighted by Crippen LogP contribution is 2.25. The second-order valence-electron chi connectivity index (χ2n) is 4.08. The van der Waals surface area contributed by atoms with Crippen LogP contribution in [0.15, 0.2) is 12.4 Å². The van der Waals surface area contributed by atoms with Crippen LogP contribution in [-0.4, -0.2) is 15.3 Å². The van der Waals surface area contributed by atoms with E-state index in [-0.39, 0.29) is 12.0 Å². The van der Waals surface area contributed by atoms with Gasteiger partial charge >= 0.3 is 0 Å². The molecule has 74 valence electrons. The van der Waals surface area contributed by atoms with Crippen LogP contribution in [-0.2, 0) is 0 Å². The molecule has 0 radical (unpaired) electrons. The minimum atomic E-state index is -0.388. The lowest BCUT2D eigenvalue weighted by Crippen LogP contribution is -2.10. The van der Waals surface area contributed by atoms with E-state index in [0.29, 0.717) is 5.92 Å². The first-order chi connectivity index (χ1) is 6.11. The molecule has 0 aliphatic heterocycles. The first kappa shape index (κ1) is 10.3. The van der Waals surface area contributed by atoms with Crippen molar-refractivity contribution in [3.05, 3.63) is 18.0 Å². The lowest BCUT2D eigenvalue weighted by atomic mass is 9.91. The third-order valence-electron chi connectivity index (χ3n) is 2.24. The normalized spacial score (nSPS) is 16.1. The fraction of sp³-hybridized carbons (Fsp3) is 0.700. The molecule has 0 amide bonds. The summed E-state index contributed by atoms with van der Waals surface area (Å²) in [6.45, 7) is 6.40. The molecule has 1 aromatic heterocycles. The van der Waals surface area contributed by atoms with E-state index in [2.05, 4.69) is 31.0 Å². The smallest absolute Gasteiger partial charge is 0.0846 e. The number of H-pyrrole nitrogens is 1. The van der Waals surface area contributed by atoms with Crippen LogP contribution in [0.4, 0.5) is 0 Å². The number of aromatic nitrogens is 2. The van der Waals surface area contributed by atoms with Gasteiger partial charge in [0.2, 0.25) is 0 Å². The summed E-state index contributed by atoms with van der Waals surface area (Å²) >= 11 is 0. The molecule has 0 fully saturated rings. The van der Waals surface area contributed by atoms with Crippen LogP contribution in [0.25, 0.3) is 0 Å². The first-order valence-electron chi connectivity index (χ1n) is 4.78. The molecule has 0 bridgehead atoms. The van der Waals surface area contributed by atoms with Crippen molar-refractivity contribution >= 4 is 0 Å². The maximum atomic E-state index is 9.87. The Morgan fingerprint density at radius 2 is 2.15 bits per heavy atom. The van der Waals surface area contributed by atoms with Gasteiger partial charge < -0.3 is 5.11 Å². The average Bonchev–Trinajstić information content (AvgIpc) is 2.53. The third kappa shape index (κ3) is 2.84. The number of aliphatic hydroxyl groups excluding tert-OH is 1. The van der Waals surface area contributed by atoms with Gasteiger partial charge in [-0.15, -0.1) is 0 Å². The lowest BCUT2D eigenvalue weighted by molar-refractivity contribution is 0.105. The number of aromatic amines is 1. The highest BCUT2D eigenvalue weighted by Gasteiger charge is 2.17. The molecule has 2 unspecified atom stereocenters. The minimum Gasteiger partial charge on any atom is -0.388 e. The van der Waals surface area contributed by atoms with Gasteiger partial charge in [-0.3, -0.25) is 5.10 Å². The minimum absolute atomic E-state index is 0.289. The van der Waals surface area contributed by atoms with Gasteiger partial charge in [0.15, 0.2) is 0 Å². The Balaban J connectivity index is 2.52. The van der Waals surface area contributed by atoms with Crippen LogP contribution in [0.3, 0.4) is 0 Å². The molecule has 0 aliphatic rings. The molecule has 1 heterocycles. The van der Waals surface area contributed by atoms with Crippen molar-refractivity contribution in [3.63, 3.8) is 0 Å². The Hall–Kier alpha value is -0.830. The summed E-state index contributed by atoms with van der Waals surface area (Å²) in [5.41, 5.74) is 0.883. The monoisotopic (exact) mass is 182 g/mol. The topological polar surface area (TPSA) is 48.9 Å². The third-order valence-corrected chi connectivity index (χ3v) is 2.24. The lowest BCUT2D eigenvalue weighted by Gasteiger charge is -2.19. The highest BCUT2D eigenvalue weighted by molar-refractivity contribution is 5.07. The van der Waals surface area contributed by atoms with Gasteiger partial charge in [0.05, 0.1) is 12.3 Å². The molecule has 2 atom stereocenters. The van der Waals surface area contributed by atoms with Gasteiger partial charge in [-0.05, 0) is 18.3 Å². The molecule has 0 aliphatic carbocycles. The van der Waals surface area contributed by atoms with Gasteiger partial charge in [0.25, 0.3) is 0 Å². The van der Waals surface area contributed by atoms with E-state index in [0.717, 1.165) is 12.0 Å². The molecule has 13 heavy (non-hydrogen) atoms. The molecule has 2 N–H and O–H groups in total. The summed E-state index contributed by atoms with van der Waals surface area (Å²) in [5.74, 6) is 0.911. The van der Waals surface area contributed by atoms with E-state index in [9.17, 15) is 5.11 Å². The average molecular weight is 182 g/mol. The number of hydrogen-bond acceptors (Lipinski definition) is 2. The molecule has 1 rings (SSSR count). The maximum Gasteiger partial charge on any atom is 0.0846 e. The molecule has 3 heteroatoms. The number of hydrogen-bond donors (Lipinski definition) is 2. The molecule has 1 aromatic rings. The Morgan fingerprint density at radius 3 is 2.62 bits per heavy atom. The zero-order valence-electron chi connectivity index (χ0n) is 8.49. The van der Waals surface area contributed by atoms with Crippen molar-refractivity contribution in [1.82, 2.24) is 10.2 Å². The Kier molecular flexibility index (Phi) is 3.48. The molecule has 0 spiro atoms. The Morgan fingerprint density at radius 1 is 1.46 bits per heavy atom. The zero-order valence-corrected chi connectivity index (χ0v) is 8.49. The number of nitrogens with zero attached hydrogens (tertiary/aromatic N) is 1. The van der Waals surface area contributed by atoms with Crippen molar-refractivity contribution in [2.75, 3.05) is 0 Å². The van der Waals surface area contributed by atoms with Gasteiger partial charge in [0.1, 0.15) is 0 Å². The maximum absolute atomic E-state index is 9.87. The highest BCUT2D eigenvalue weighted by atomic mass is 16.3. The standard InChI is InChI=1S/C10H18N2O/c1-7(2)4-8(3)10(13)9-5-11-12-6-9/h5-8,10,13H,4H2,1-3H3,(H,11,12). The second kappa shape index (κ2) is 4.42. The largest absolute Gasteiger partial charge is 0.388 e. The van der Waals surface area contributed by atoms with Crippen molar-refractivity contribution in [3.8, 4) is 0 Å². The first-order valence-corrected chi connectivity index (χ1v) is 4.78. The predicted octanol–water partition coefficient (Wildman–Crippen LogP) is 2.13. The van der Waals surface area contributed by atoms with E-state index < -0.39 is 0 Å². The fourth-order valence-corrected chi connectivity index (χ4v) is 1.62. The van der Waals surface area contributed by atoms with Crippen LogP contribution >= 0.6 is 0 Å². The predicted molar refractivity (Wildman–Crippen MR) is 52.2 cm³/mol. The SMILES string of the molecule is CC(C)CC(C)C(O)c1cn[nH]c1. The molecule has 3 nitrogen and oxygen atoms in total. The zero-order chi connectivity index (χ0) is 9.84. The van der Waals surface area contributed by atoms with Crippen molar-refractivity contribution in [2.24, 2.45) is 11.8 Å². The van der Waals surface area contributed by atoms with Crippen molar-refractivity contribution in [1.29, 1.82) is 0 Å². The van der Waals surface area contributed by atoms with Crippen LogP contribution in [0.1, 0.15) is 38.9 Å². The van der Waals surface area contributed by atoms with Crippen LogP contribution in [0.5, 0.6) is 0 Å². The van der Waals surface area contributed by atoms with Crippen LogP contribution in [0, 0.1) is 11.8 Å². The summed E-state index contributed by atoms with van der Waals surface area (Å²) in [6, 6.07) is 0. The van der Waals surface area contributed by atoms with Crippen LogP contribution in [0.2, 0.25) is 0 Å². The van der Waals surface area contributed by atoms with E-state index in [4.69, 9.17) is 0 Å². The van der Waals surface area contributed by atoms with E-state index in [1.807, 2.05) is 0 Å². The van der Waals surface area contributed by atoms with Crippen LogP contribution < -0.4 is 0 Å². The molecular weight excluding hydrogens is 164 g/mol. The molecule has 0 saturated carbocycles. The second-order valence-corrected chi connectivity index (χ2v) is 4.08. The van der Waals surface area contributed by atoms with Gasteiger partial charge in [-0.2, -0.15) is 5.10 Å². The number of aliphatic hydroxyl groups is 1. The summed E-state index contributed by atoms with van der Waals surface area (Å²) in [4.78, 5) is 0. The van der Waals surface area contributed by atoms with Gasteiger partial charge in [-0.25, -0.2) is 0 Å². The molecule has 0 saturated heterocycles. The number of nitrogens with one attached hydrogen (secondary N) is 1. The summed E-state index contributed by atoms with van der Waals surface area (Å²) < 4.78 is 0. The Labute approximate surface area is 79.2 Å². The molecular formula is C10H18N2O. The van der Waals surface area contributed by atoms with E-state index in [1.54, 1.807) is 12.4 Å². The van der Waals surface area contributed by atoms with Gasteiger partial charge in [0, 0.05) is 11.8 Å². The number of rotatable bonds is 4. The quantitative estimate of drug-likeness (QED) is 0.749.